The highest BCUT2D eigenvalue weighted by Crippen LogP contribution is 2.37. The molecule has 0 radical (unpaired) electrons. The number of hydrogen-bond donors (Lipinski definition) is 0. The van der Waals surface area contributed by atoms with Gasteiger partial charge in [0.15, 0.2) is 17.3 Å². The number of aliphatic imine (C=N–C) groups is 1. The Hall–Kier alpha value is -3.45. The van der Waals surface area contributed by atoms with Gasteiger partial charge in [0.25, 0.3) is 0 Å². The maximum Gasteiger partial charge on any atom is 0.203 e. The van der Waals surface area contributed by atoms with E-state index in [1.807, 2.05) is 30.3 Å². The van der Waals surface area contributed by atoms with E-state index in [1.165, 1.54) is 7.11 Å². The zero-order valence-electron chi connectivity index (χ0n) is 17.4. The fraction of sp³-hybridized carbons (Fsp3) is 0.261. The van der Waals surface area contributed by atoms with Gasteiger partial charge in [-0.25, -0.2) is 0 Å². The Morgan fingerprint density at radius 1 is 1.03 bits per heavy atom. The molecule has 0 bridgehead atoms. The number of Topliss-reactive ketones (excluding diaryl/α,β-unsaturated/α-hetero) is 1. The molecule has 156 valence electrons. The molecule has 0 amide bonds. The molecule has 1 heterocycles. The molecule has 0 spiro atoms. The molecule has 0 aliphatic carbocycles. The van der Waals surface area contributed by atoms with Crippen LogP contribution in [0.3, 0.4) is 0 Å². The van der Waals surface area contributed by atoms with Crippen LogP contribution in [0.5, 0.6) is 17.2 Å². The van der Waals surface area contributed by atoms with Gasteiger partial charge in [-0.15, -0.1) is 0 Å². The third-order valence-corrected chi connectivity index (χ3v) is 4.66. The van der Waals surface area contributed by atoms with Crippen LogP contribution in [0.1, 0.15) is 17.2 Å². The number of pyridine rings is 1. The van der Waals surface area contributed by atoms with Gasteiger partial charge >= 0.3 is 0 Å². The minimum Gasteiger partial charge on any atom is -0.493 e. The second-order valence-electron chi connectivity index (χ2n) is 6.43. The first-order valence-corrected chi connectivity index (χ1v) is 9.32. The lowest BCUT2D eigenvalue weighted by molar-refractivity contribution is -0.127. The molecule has 30 heavy (non-hydrogen) atoms. The first-order chi connectivity index (χ1) is 14.6. The van der Waals surface area contributed by atoms with Crippen LogP contribution < -0.4 is 14.2 Å². The Bertz CT molecular complexity index is 1030. The number of hydrogen-bond acceptors (Lipinski definition) is 7. The van der Waals surface area contributed by atoms with Gasteiger partial charge in [0, 0.05) is 24.9 Å². The van der Waals surface area contributed by atoms with Crippen LogP contribution in [0.15, 0.2) is 53.7 Å². The molecule has 3 rings (SSSR count). The molecule has 0 fully saturated rings. The van der Waals surface area contributed by atoms with Gasteiger partial charge in [0.2, 0.25) is 5.75 Å². The summed E-state index contributed by atoms with van der Waals surface area (Å²) in [5.74, 6) is 1.38. The van der Waals surface area contributed by atoms with E-state index in [4.69, 9.17) is 18.9 Å². The van der Waals surface area contributed by atoms with E-state index in [2.05, 4.69) is 9.98 Å². The van der Waals surface area contributed by atoms with Crippen LogP contribution in [0.25, 0.3) is 10.9 Å². The Kier molecular flexibility index (Phi) is 6.98. The average molecular weight is 408 g/mol. The largest absolute Gasteiger partial charge is 0.493 e. The summed E-state index contributed by atoms with van der Waals surface area (Å²) in [6.07, 6.45) is 2.59. The molecule has 0 N–H and O–H groups in total. The number of rotatable bonds is 9. The lowest BCUT2D eigenvalue weighted by Crippen LogP contribution is -2.17. The van der Waals surface area contributed by atoms with Crippen molar-refractivity contribution in [2.24, 2.45) is 4.99 Å². The van der Waals surface area contributed by atoms with Crippen LogP contribution in [0.2, 0.25) is 0 Å². The summed E-state index contributed by atoms with van der Waals surface area (Å²) in [4.78, 5) is 21.5. The molecule has 1 aromatic heterocycles. The summed E-state index contributed by atoms with van der Waals surface area (Å²) >= 11 is 0. The zero-order chi connectivity index (χ0) is 21.5. The smallest absolute Gasteiger partial charge is 0.203 e. The number of aromatic nitrogens is 1. The Labute approximate surface area is 175 Å². The summed E-state index contributed by atoms with van der Waals surface area (Å²) in [5.41, 5.74) is 2.31. The maximum atomic E-state index is 12.8. The third kappa shape index (κ3) is 4.41. The second-order valence-corrected chi connectivity index (χ2v) is 6.43. The molecule has 1 atom stereocenters. The molecular formula is C23H24N2O5. The lowest BCUT2D eigenvalue weighted by atomic mass is 10.0. The van der Waals surface area contributed by atoms with Gasteiger partial charge in [0.1, 0.15) is 12.6 Å². The minimum absolute atomic E-state index is 0.0359. The first-order valence-electron chi connectivity index (χ1n) is 9.32. The molecule has 7 nitrogen and oxygen atoms in total. The summed E-state index contributed by atoms with van der Waals surface area (Å²) in [5, 5.41) is 0.883. The second kappa shape index (κ2) is 9.84. The number of ketones is 1. The quantitative estimate of drug-likeness (QED) is 0.503. The molecule has 1 unspecified atom stereocenters. The van der Waals surface area contributed by atoms with Gasteiger partial charge < -0.3 is 18.9 Å². The van der Waals surface area contributed by atoms with E-state index in [9.17, 15) is 4.79 Å². The fourth-order valence-corrected chi connectivity index (χ4v) is 3.29. The van der Waals surface area contributed by atoms with Crippen molar-refractivity contribution in [2.45, 2.75) is 6.10 Å². The van der Waals surface area contributed by atoms with Crippen LogP contribution in [0, 0.1) is 0 Å². The minimum atomic E-state index is -0.727. The number of carbonyl (C=O) groups is 1. The van der Waals surface area contributed by atoms with Gasteiger partial charge in [0.05, 0.1) is 26.8 Å². The van der Waals surface area contributed by atoms with Crippen molar-refractivity contribution in [3.05, 3.63) is 59.8 Å². The van der Waals surface area contributed by atoms with Crippen molar-refractivity contribution in [1.82, 2.24) is 4.98 Å². The van der Waals surface area contributed by atoms with Crippen molar-refractivity contribution in [1.29, 1.82) is 0 Å². The van der Waals surface area contributed by atoms with Crippen molar-refractivity contribution in [2.75, 3.05) is 35.0 Å². The van der Waals surface area contributed by atoms with Crippen molar-refractivity contribution >= 4 is 22.9 Å². The predicted octanol–water partition coefficient (Wildman–Crippen LogP) is 3.64. The van der Waals surface area contributed by atoms with E-state index < -0.39 is 6.10 Å². The standard InChI is InChI=1S/C23H24N2O5/c1-27-20-11-15(12-21(28-2)23(20)30-4)13-24-14-19(26)22(29-3)17-7-5-9-18-16(17)8-6-10-25-18/h5-13,22H,14H2,1-4H3. The summed E-state index contributed by atoms with van der Waals surface area (Å²) in [7, 11) is 6.15. The molecule has 0 saturated heterocycles. The Balaban J connectivity index is 1.81. The van der Waals surface area contributed by atoms with E-state index in [1.54, 1.807) is 45.9 Å². The molecule has 0 saturated carbocycles. The molecule has 0 aliphatic rings. The van der Waals surface area contributed by atoms with Gasteiger partial charge in [-0.1, -0.05) is 18.2 Å². The number of ether oxygens (including phenoxy) is 4. The highest BCUT2D eigenvalue weighted by atomic mass is 16.5. The average Bonchev–Trinajstić information content (AvgIpc) is 2.79. The molecule has 3 aromatic rings. The van der Waals surface area contributed by atoms with Gasteiger partial charge in [-0.2, -0.15) is 0 Å². The molecule has 0 aliphatic heterocycles. The van der Waals surface area contributed by atoms with Crippen LogP contribution in [-0.2, 0) is 9.53 Å². The van der Waals surface area contributed by atoms with Crippen molar-refractivity contribution in [3.8, 4) is 17.2 Å². The topological polar surface area (TPSA) is 79.2 Å². The number of carbonyl (C=O) groups excluding carboxylic acids is 1. The molecule has 7 heteroatoms. The third-order valence-electron chi connectivity index (χ3n) is 4.66. The van der Waals surface area contributed by atoms with Crippen molar-refractivity contribution < 1.29 is 23.7 Å². The number of fused-ring (bicyclic) bond motifs is 1. The van der Waals surface area contributed by atoms with E-state index in [0.717, 1.165) is 22.0 Å². The Morgan fingerprint density at radius 2 is 1.77 bits per heavy atom. The van der Waals surface area contributed by atoms with Gasteiger partial charge in [-0.3, -0.25) is 14.8 Å². The molecular weight excluding hydrogens is 384 g/mol. The monoisotopic (exact) mass is 408 g/mol. The van der Waals surface area contributed by atoms with Gasteiger partial charge in [-0.05, 0) is 35.4 Å². The Morgan fingerprint density at radius 3 is 2.40 bits per heavy atom. The van der Waals surface area contributed by atoms with Crippen LogP contribution in [0.4, 0.5) is 0 Å². The summed E-state index contributed by atoms with van der Waals surface area (Å²) in [6, 6.07) is 12.9. The maximum absolute atomic E-state index is 12.8. The fourth-order valence-electron chi connectivity index (χ4n) is 3.29. The SMILES string of the molecule is COc1cc(C=NCC(=O)C(OC)c2cccc3ncccc23)cc(OC)c1OC. The summed E-state index contributed by atoms with van der Waals surface area (Å²) in [6.45, 7) is -0.0359. The van der Waals surface area contributed by atoms with E-state index >= 15 is 0 Å². The number of nitrogens with zero attached hydrogens (tertiary/aromatic N) is 2. The van der Waals surface area contributed by atoms with Crippen molar-refractivity contribution in [3.63, 3.8) is 0 Å². The first kappa shape index (κ1) is 21.3. The van der Waals surface area contributed by atoms with Crippen LogP contribution in [-0.4, -0.2) is 52.0 Å². The zero-order valence-corrected chi connectivity index (χ0v) is 17.4. The number of benzene rings is 2. The van der Waals surface area contributed by atoms with Crippen LogP contribution >= 0.6 is 0 Å². The highest BCUT2D eigenvalue weighted by molar-refractivity contribution is 5.93. The number of methoxy groups -OCH3 is 4. The predicted molar refractivity (Wildman–Crippen MR) is 115 cm³/mol. The van der Waals surface area contributed by atoms with E-state index in [0.29, 0.717) is 17.2 Å². The summed E-state index contributed by atoms with van der Waals surface area (Å²) < 4.78 is 21.5. The lowest BCUT2D eigenvalue weighted by Gasteiger charge is -2.15. The van der Waals surface area contributed by atoms with E-state index in [-0.39, 0.29) is 12.3 Å². The molecule has 2 aromatic carbocycles. The highest BCUT2D eigenvalue weighted by Gasteiger charge is 2.21. The normalized spacial score (nSPS) is 12.1.